The molecule has 15 heavy (non-hydrogen) atoms. The normalized spacial score (nSPS) is 25.3. The lowest BCUT2D eigenvalue weighted by atomic mass is 9.97. The molecule has 2 heterocycles. The first-order chi connectivity index (χ1) is 7.27. The highest BCUT2D eigenvalue weighted by Crippen LogP contribution is 2.20. The van der Waals surface area contributed by atoms with E-state index in [9.17, 15) is 0 Å². The van der Waals surface area contributed by atoms with Crippen molar-refractivity contribution in [3.8, 4) is 0 Å². The van der Waals surface area contributed by atoms with E-state index in [1.807, 2.05) is 6.07 Å². The van der Waals surface area contributed by atoms with Gasteiger partial charge in [0, 0.05) is 24.7 Å². The maximum atomic E-state index is 6.00. The molecule has 1 aliphatic heterocycles. The zero-order valence-corrected chi connectivity index (χ0v) is 9.22. The second-order valence-electron chi connectivity index (χ2n) is 4.38. The Morgan fingerprint density at radius 1 is 1.67 bits per heavy atom. The lowest BCUT2D eigenvalue weighted by Crippen LogP contribution is -2.48. The number of rotatable bonds is 3. The van der Waals surface area contributed by atoms with Gasteiger partial charge in [0.1, 0.15) is 6.26 Å². The van der Waals surface area contributed by atoms with Crippen LogP contribution in [-0.4, -0.2) is 28.7 Å². The maximum Gasteiger partial charge on any atom is 0.124 e. The lowest BCUT2D eigenvalue weighted by molar-refractivity contribution is 0.120. The van der Waals surface area contributed by atoms with Crippen molar-refractivity contribution in [2.45, 2.75) is 44.8 Å². The Balaban J connectivity index is 1.99. The minimum absolute atomic E-state index is 0.234. The van der Waals surface area contributed by atoms with Gasteiger partial charge in [-0.1, -0.05) is 11.6 Å². The molecular weight excluding hydrogens is 190 g/mol. The van der Waals surface area contributed by atoms with Crippen LogP contribution >= 0.6 is 0 Å². The van der Waals surface area contributed by atoms with Gasteiger partial charge in [-0.3, -0.25) is 4.90 Å². The zero-order valence-electron chi connectivity index (χ0n) is 9.22. The second kappa shape index (κ2) is 4.77. The van der Waals surface area contributed by atoms with E-state index < -0.39 is 0 Å². The van der Waals surface area contributed by atoms with Crippen LogP contribution in [-0.2, 0) is 6.54 Å². The molecule has 1 aromatic heterocycles. The van der Waals surface area contributed by atoms with Crippen molar-refractivity contribution >= 4 is 0 Å². The van der Waals surface area contributed by atoms with Crippen LogP contribution in [0, 0.1) is 0 Å². The van der Waals surface area contributed by atoms with E-state index >= 15 is 0 Å². The minimum atomic E-state index is 0.234. The summed E-state index contributed by atoms with van der Waals surface area (Å²) < 4.78 is 4.84. The van der Waals surface area contributed by atoms with E-state index in [0.29, 0.717) is 6.04 Å². The number of hydrogen-bond donors (Lipinski definition) is 1. The van der Waals surface area contributed by atoms with E-state index in [1.54, 1.807) is 6.26 Å². The van der Waals surface area contributed by atoms with Crippen molar-refractivity contribution < 1.29 is 4.52 Å². The Morgan fingerprint density at radius 2 is 2.53 bits per heavy atom. The molecule has 0 radical (unpaired) electrons. The maximum absolute atomic E-state index is 6.00. The predicted octanol–water partition coefficient (Wildman–Crippen LogP) is 1.38. The first kappa shape index (κ1) is 10.6. The first-order valence-electron chi connectivity index (χ1n) is 5.66. The molecule has 1 fully saturated rings. The molecule has 84 valence electrons. The van der Waals surface area contributed by atoms with Crippen LogP contribution in [0.15, 0.2) is 16.9 Å². The van der Waals surface area contributed by atoms with E-state index in [0.717, 1.165) is 18.8 Å². The van der Waals surface area contributed by atoms with Gasteiger partial charge in [0.05, 0.1) is 5.69 Å². The van der Waals surface area contributed by atoms with E-state index in [-0.39, 0.29) is 6.04 Å². The molecule has 2 atom stereocenters. The summed E-state index contributed by atoms with van der Waals surface area (Å²) in [7, 11) is 0. The fourth-order valence-corrected chi connectivity index (χ4v) is 2.34. The standard InChI is InChI=1S/C11H19N3O/c1-9(12)11-4-2-3-6-14(11)8-10-5-7-15-13-10/h5,7,9,11H,2-4,6,8,12H2,1H3. The number of likely N-dealkylation sites (tertiary alicyclic amines) is 1. The van der Waals surface area contributed by atoms with Gasteiger partial charge in [-0.05, 0) is 26.3 Å². The molecule has 0 spiro atoms. The topological polar surface area (TPSA) is 55.3 Å². The fraction of sp³-hybridized carbons (Fsp3) is 0.727. The molecule has 0 aliphatic carbocycles. The van der Waals surface area contributed by atoms with Crippen molar-refractivity contribution in [1.29, 1.82) is 0 Å². The Labute approximate surface area is 90.4 Å². The van der Waals surface area contributed by atoms with Gasteiger partial charge in [-0.25, -0.2) is 0 Å². The molecule has 1 saturated heterocycles. The van der Waals surface area contributed by atoms with Gasteiger partial charge >= 0.3 is 0 Å². The third-order valence-corrected chi connectivity index (χ3v) is 3.13. The summed E-state index contributed by atoms with van der Waals surface area (Å²) in [5.41, 5.74) is 7.00. The van der Waals surface area contributed by atoms with Crippen molar-refractivity contribution in [2.24, 2.45) is 5.73 Å². The van der Waals surface area contributed by atoms with Crippen molar-refractivity contribution in [3.63, 3.8) is 0 Å². The zero-order chi connectivity index (χ0) is 10.7. The fourth-order valence-electron chi connectivity index (χ4n) is 2.34. The summed E-state index contributed by atoms with van der Waals surface area (Å²) in [4.78, 5) is 2.42. The molecular formula is C11H19N3O. The SMILES string of the molecule is CC(N)C1CCCCN1Cc1ccon1. The molecule has 2 unspecified atom stereocenters. The Bertz CT molecular complexity index is 284. The highest BCUT2D eigenvalue weighted by molar-refractivity contribution is 4.97. The Kier molecular flexibility index (Phi) is 3.38. The van der Waals surface area contributed by atoms with Crippen LogP contribution in [0.3, 0.4) is 0 Å². The van der Waals surface area contributed by atoms with Gasteiger partial charge in [-0.15, -0.1) is 0 Å². The average Bonchev–Trinajstić information content (AvgIpc) is 2.71. The molecule has 1 aliphatic rings. The van der Waals surface area contributed by atoms with Crippen molar-refractivity contribution in [3.05, 3.63) is 18.0 Å². The highest BCUT2D eigenvalue weighted by Gasteiger charge is 2.25. The molecule has 1 aromatic rings. The van der Waals surface area contributed by atoms with Gasteiger partial charge in [-0.2, -0.15) is 0 Å². The lowest BCUT2D eigenvalue weighted by Gasteiger charge is -2.37. The average molecular weight is 209 g/mol. The first-order valence-corrected chi connectivity index (χ1v) is 5.66. The monoisotopic (exact) mass is 209 g/mol. The quantitative estimate of drug-likeness (QED) is 0.817. The third kappa shape index (κ3) is 2.58. The minimum Gasteiger partial charge on any atom is -0.364 e. The van der Waals surface area contributed by atoms with Crippen LogP contribution in [0.25, 0.3) is 0 Å². The molecule has 2 rings (SSSR count). The predicted molar refractivity (Wildman–Crippen MR) is 58.2 cm³/mol. The molecule has 0 saturated carbocycles. The number of hydrogen-bond acceptors (Lipinski definition) is 4. The summed E-state index contributed by atoms with van der Waals surface area (Å²) in [6.45, 7) is 4.08. The van der Waals surface area contributed by atoms with Crippen molar-refractivity contribution in [1.82, 2.24) is 10.1 Å². The molecule has 0 bridgehead atoms. The van der Waals surface area contributed by atoms with E-state index in [2.05, 4.69) is 17.0 Å². The molecule has 0 aromatic carbocycles. The second-order valence-corrected chi connectivity index (χ2v) is 4.38. The molecule has 2 N–H and O–H groups in total. The summed E-state index contributed by atoms with van der Waals surface area (Å²) in [6, 6.07) is 2.65. The highest BCUT2D eigenvalue weighted by atomic mass is 16.5. The van der Waals surface area contributed by atoms with Gasteiger partial charge < -0.3 is 10.3 Å². The van der Waals surface area contributed by atoms with Crippen LogP contribution in [0.1, 0.15) is 31.9 Å². The Hall–Kier alpha value is -0.870. The van der Waals surface area contributed by atoms with Crippen LogP contribution < -0.4 is 5.73 Å². The van der Waals surface area contributed by atoms with Crippen LogP contribution in [0.5, 0.6) is 0 Å². The molecule has 4 heteroatoms. The smallest absolute Gasteiger partial charge is 0.124 e. The summed E-state index contributed by atoms with van der Waals surface area (Å²) in [5, 5.41) is 3.95. The number of aromatic nitrogens is 1. The van der Waals surface area contributed by atoms with E-state index in [4.69, 9.17) is 10.3 Å². The number of nitrogens with zero attached hydrogens (tertiary/aromatic N) is 2. The third-order valence-electron chi connectivity index (χ3n) is 3.13. The van der Waals surface area contributed by atoms with Gasteiger partial charge in [0.15, 0.2) is 0 Å². The summed E-state index contributed by atoms with van der Waals surface area (Å²) in [6.07, 6.45) is 5.39. The van der Waals surface area contributed by atoms with Crippen molar-refractivity contribution in [2.75, 3.05) is 6.54 Å². The molecule has 4 nitrogen and oxygen atoms in total. The summed E-state index contributed by atoms with van der Waals surface area (Å²) in [5.74, 6) is 0. The summed E-state index contributed by atoms with van der Waals surface area (Å²) >= 11 is 0. The van der Waals surface area contributed by atoms with E-state index in [1.165, 1.54) is 19.3 Å². The number of piperidine rings is 1. The van der Waals surface area contributed by atoms with Crippen LogP contribution in [0.2, 0.25) is 0 Å². The Morgan fingerprint density at radius 3 is 3.20 bits per heavy atom. The van der Waals surface area contributed by atoms with Gasteiger partial charge in [0.25, 0.3) is 0 Å². The van der Waals surface area contributed by atoms with Crippen LogP contribution in [0.4, 0.5) is 0 Å². The largest absolute Gasteiger partial charge is 0.364 e. The molecule has 0 amide bonds. The van der Waals surface area contributed by atoms with Gasteiger partial charge in [0.2, 0.25) is 0 Å². The number of nitrogens with two attached hydrogens (primary N) is 1.